The van der Waals surface area contributed by atoms with Gasteiger partial charge in [-0.05, 0) is 17.7 Å². The Morgan fingerprint density at radius 1 is 1.20 bits per heavy atom. The van der Waals surface area contributed by atoms with E-state index in [0.29, 0.717) is 42.0 Å². The van der Waals surface area contributed by atoms with E-state index in [1.807, 2.05) is 48.6 Å². The van der Waals surface area contributed by atoms with Crippen molar-refractivity contribution in [2.45, 2.75) is 18.4 Å². The molecule has 2 unspecified atom stereocenters. The van der Waals surface area contributed by atoms with Gasteiger partial charge in [0.25, 0.3) is 0 Å². The number of aromatic nitrogens is 3. The van der Waals surface area contributed by atoms with Crippen molar-refractivity contribution in [1.82, 2.24) is 14.8 Å². The molecule has 3 aromatic rings. The van der Waals surface area contributed by atoms with Gasteiger partial charge in [-0.1, -0.05) is 71.8 Å². The molecule has 4 rings (SSSR count). The molecule has 0 aliphatic carbocycles. The highest BCUT2D eigenvalue weighted by molar-refractivity contribution is 6.35. The van der Waals surface area contributed by atoms with E-state index in [9.17, 15) is 0 Å². The van der Waals surface area contributed by atoms with Crippen LogP contribution >= 0.6 is 23.2 Å². The molecule has 156 valence electrons. The summed E-state index contributed by atoms with van der Waals surface area (Å²) in [7, 11) is 0. The van der Waals surface area contributed by atoms with Crippen molar-refractivity contribution in [2.24, 2.45) is 0 Å². The fourth-order valence-electron chi connectivity index (χ4n) is 3.30. The van der Waals surface area contributed by atoms with E-state index in [4.69, 9.17) is 37.4 Å². The number of rotatable bonds is 8. The van der Waals surface area contributed by atoms with Crippen LogP contribution in [0.15, 0.2) is 67.3 Å². The van der Waals surface area contributed by atoms with Crippen LogP contribution in [0.5, 0.6) is 0 Å². The number of nitrogens with zero attached hydrogens (tertiary/aromatic N) is 3. The zero-order chi connectivity index (χ0) is 20.8. The monoisotopic (exact) mass is 445 g/mol. The summed E-state index contributed by atoms with van der Waals surface area (Å²) in [6.45, 7) is 1.55. The Morgan fingerprint density at radius 3 is 2.83 bits per heavy atom. The number of ether oxygens (including phenoxy) is 3. The standard InChI is InChI=1S/C22H21Cl2N3O3/c23-18-8-9-20(21(24)11-18)22(14-27-16-25-15-26-27)29-13-19(30-22)12-28-10-4-7-17-5-2-1-3-6-17/h1-9,11,15-16,19H,10,12-14H2. The number of halogens is 2. The topological polar surface area (TPSA) is 58.4 Å². The molecule has 0 amide bonds. The Kier molecular flexibility index (Phi) is 6.82. The van der Waals surface area contributed by atoms with Crippen LogP contribution in [0.1, 0.15) is 11.1 Å². The fourth-order valence-corrected chi connectivity index (χ4v) is 3.85. The van der Waals surface area contributed by atoms with Gasteiger partial charge in [-0.2, -0.15) is 5.10 Å². The molecule has 1 aromatic heterocycles. The van der Waals surface area contributed by atoms with Crippen LogP contribution in [-0.4, -0.2) is 40.7 Å². The van der Waals surface area contributed by atoms with Crippen LogP contribution in [0.4, 0.5) is 0 Å². The van der Waals surface area contributed by atoms with Crippen molar-refractivity contribution in [3.8, 4) is 0 Å². The zero-order valence-electron chi connectivity index (χ0n) is 16.2. The second-order valence-electron chi connectivity index (χ2n) is 6.87. The number of benzene rings is 2. The van der Waals surface area contributed by atoms with Gasteiger partial charge in [-0.15, -0.1) is 0 Å². The molecule has 0 bridgehead atoms. The van der Waals surface area contributed by atoms with Crippen molar-refractivity contribution in [2.75, 3.05) is 19.8 Å². The highest BCUT2D eigenvalue weighted by Gasteiger charge is 2.45. The van der Waals surface area contributed by atoms with Gasteiger partial charge in [-0.3, -0.25) is 0 Å². The van der Waals surface area contributed by atoms with E-state index in [1.165, 1.54) is 6.33 Å². The lowest BCUT2D eigenvalue weighted by Crippen LogP contribution is -2.34. The van der Waals surface area contributed by atoms with Crippen LogP contribution in [0, 0.1) is 0 Å². The maximum atomic E-state index is 6.46. The van der Waals surface area contributed by atoms with Gasteiger partial charge >= 0.3 is 0 Å². The largest absolute Gasteiger partial charge is 0.375 e. The molecule has 1 aliphatic rings. The van der Waals surface area contributed by atoms with E-state index in [-0.39, 0.29) is 6.10 Å². The second-order valence-corrected chi connectivity index (χ2v) is 7.72. The summed E-state index contributed by atoms with van der Waals surface area (Å²) in [5.74, 6) is -1.09. The first-order valence-corrected chi connectivity index (χ1v) is 10.3. The molecule has 0 N–H and O–H groups in total. The summed E-state index contributed by atoms with van der Waals surface area (Å²) in [4.78, 5) is 3.99. The van der Waals surface area contributed by atoms with Crippen molar-refractivity contribution in [3.05, 3.63) is 88.4 Å². The van der Waals surface area contributed by atoms with Crippen molar-refractivity contribution >= 4 is 29.3 Å². The van der Waals surface area contributed by atoms with Crippen LogP contribution < -0.4 is 0 Å². The highest BCUT2D eigenvalue weighted by atomic mass is 35.5. The van der Waals surface area contributed by atoms with Crippen molar-refractivity contribution in [3.63, 3.8) is 0 Å². The normalized spacial score (nSPS) is 21.5. The van der Waals surface area contributed by atoms with Crippen LogP contribution in [0.25, 0.3) is 6.08 Å². The summed E-state index contributed by atoms with van der Waals surface area (Å²) < 4.78 is 19.9. The number of hydrogen-bond acceptors (Lipinski definition) is 5. The molecule has 0 saturated carbocycles. The van der Waals surface area contributed by atoms with E-state index in [0.717, 1.165) is 5.56 Å². The van der Waals surface area contributed by atoms with Crippen LogP contribution in [-0.2, 0) is 26.5 Å². The Bertz CT molecular complexity index is 983. The molecule has 8 heteroatoms. The fraction of sp³-hybridized carbons (Fsp3) is 0.273. The summed E-state index contributed by atoms with van der Waals surface area (Å²) in [5, 5.41) is 5.19. The maximum Gasteiger partial charge on any atom is 0.217 e. The van der Waals surface area contributed by atoms with E-state index in [2.05, 4.69) is 10.1 Å². The van der Waals surface area contributed by atoms with Gasteiger partial charge in [0.15, 0.2) is 0 Å². The van der Waals surface area contributed by atoms with Gasteiger partial charge in [0.2, 0.25) is 5.79 Å². The molecule has 1 fully saturated rings. The van der Waals surface area contributed by atoms with Gasteiger partial charge in [0, 0.05) is 10.6 Å². The van der Waals surface area contributed by atoms with E-state index >= 15 is 0 Å². The molecule has 1 saturated heterocycles. The average Bonchev–Trinajstić information content (AvgIpc) is 3.39. The first-order valence-electron chi connectivity index (χ1n) is 9.54. The second kappa shape index (κ2) is 9.73. The molecule has 2 heterocycles. The minimum absolute atomic E-state index is 0.245. The first-order chi connectivity index (χ1) is 14.6. The summed E-state index contributed by atoms with van der Waals surface area (Å²) in [6.07, 6.45) is 6.83. The van der Waals surface area contributed by atoms with Gasteiger partial charge in [0.05, 0.1) is 24.8 Å². The van der Waals surface area contributed by atoms with Crippen LogP contribution in [0.3, 0.4) is 0 Å². The lowest BCUT2D eigenvalue weighted by Gasteiger charge is -2.29. The summed E-state index contributed by atoms with van der Waals surface area (Å²) >= 11 is 12.5. The van der Waals surface area contributed by atoms with Gasteiger partial charge in [-0.25, -0.2) is 9.67 Å². The maximum absolute atomic E-state index is 6.46. The molecule has 30 heavy (non-hydrogen) atoms. The third-order valence-electron chi connectivity index (χ3n) is 4.67. The quantitative estimate of drug-likeness (QED) is 0.474. The minimum atomic E-state index is -1.09. The molecule has 2 atom stereocenters. The first kappa shape index (κ1) is 21.0. The average molecular weight is 446 g/mol. The lowest BCUT2D eigenvalue weighted by atomic mass is 10.1. The molecule has 0 spiro atoms. The molecular formula is C22H21Cl2N3O3. The van der Waals surface area contributed by atoms with Gasteiger partial charge in [0.1, 0.15) is 25.3 Å². The molecular weight excluding hydrogens is 425 g/mol. The molecule has 6 nitrogen and oxygen atoms in total. The highest BCUT2D eigenvalue weighted by Crippen LogP contribution is 2.40. The molecule has 2 aromatic carbocycles. The van der Waals surface area contributed by atoms with Crippen molar-refractivity contribution < 1.29 is 14.2 Å². The SMILES string of the molecule is Clc1ccc(C2(Cn3cncn3)OCC(COCC=Cc3ccccc3)O2)c(Cl)c1. The van der Waals surface area contributed by atoms with E-state index < -0.39 is 5.79 Å². The van der Waals surface area contributed by atoms with E-state index in [1.54, 1.807) is 23.1 Å². The van der Waals surface area contributed by atoms with Gasteiger partial charge < -0.3 is 14.2 Å². The Labute approximate surface area is 185 Å². The third kappa shape index (κ3) is 5.09. The summed E-state index contributed by atoms with van der Waals surface area (Å²) in [6, 6.07) is 15.3. The Balaban J connectivity index is 1.41. The van der Waals surface area contributed by atoms with Crippen LogP contribution in [0.2, 0.25) is 10.0 Å². The third-order valence-corrected chi connectivity index (χ3v) is 5.21. The summed E-state index contributed by atoms with van der Waals surface area (Å²) in [5.41, 5.74) is 1.82. The van der Waals surface area contributed by atoms with Crippen molar-refractivity contribution in [1.29, 1.82) is 0 Å². The molecule has 0 radical (unpaired) electrons. The Morgan fingerprint density at radius 2 is 2.07 bits per heavy atom. The zero-order valence-corrected chi connectivity index (χ0v) is 17.7. The predicted molar refractivity (Wildman–Crippen MR) is 115 cm³/mol. The smallest absolute Gasteiger partial charge is 0.217 e. The molecule has 1 aliphatic heterocycles. The Hall–Kier alpha value is -2.22. The number of hydrogen-bond donors (Lipinski definition) is 0. The predicted octanol–water partition coefficient (Wildman–Crippen LogP) is 4.58. The minimum Gasteiger partial charge on any atom is -0.375 e. The lowest BCUT2D eigenvalue weighted by molar-refractivity contribution is -0.192.